The van der Waals surface area contributed by atoms with Gasteiger partial charge >= 0.3 is 0 Å². The molecule has 0 aromatic heterocycles. The summed E-state index contributed by atoms with van der Waals surface area (Å²) >= 11 is 0. The molecule has 0 aliphatic carbocycles. The van der Waals surface area contributed by atoms with Crippen molar-refractivity contribution in [2.45, 2.75) is 90.3 Å². The molecule has 4 aromatic rings. The summed E-state index contributed by atoms with van der Waals surface area (Å²) in [6, 6.07) is 24.3. The van der Waals surface area contributed by atoms with Crippen LogP contribution in [0.5, 0.6) is 17.2 Å². The van der Waals surface area contributed by atoms with Gasteiger partial charge in [0.15, 0.2) is 11.5 Å². The molecule has 4 aromatic carbocycles. The number of Topliss-reactive ketones (excluding diaryl/α,β-unsaturated/α-hetero) is 1. The van der Waals surface area contributed by atoms with Crippen molar-refractivity contribution in [3.63, 3.8) is 0 Å². The molecule has 6 bridgehead atoms. The molecule has 2 heterocycles. The molecule has 0 spiro atoms. The second kappa shape index (κ2) is 17.3. The van der Waals surface area contributed by atoms with Crippen LogP contribution >= 0.6 is 0 Å². The van der Waals surface area contributed by atoms with E-state index in [4.69, 9.17) is 14.2 Å². The molecule has 6 nitrogen and oxygen atoms in total. The highest BCUT2D eigenvalue weighted by atomic mass is 16.5. The van der Waals surface area contributed by atoms with E-state index in [1.807, 2.05) is 36.4 Å². The Morgan fingerprint density at radius 3 is 2.66 bits per heavy atom. The van der Waals surface area contributed by atoms with Gasteiger partial charge in [-0.05, 0) is 103 Å². The third-order valence-electron chi connectivity index (χ3n) is 8.80. The third kappa shape index (κ3) is 9.93. The fourth-order valence-corrected chi connectivity index (χ4v) is 6.22. The number of ether oxygens (including phenoxy) is 3. The number of hydrogen-bond donors (Lipinski definition) is 2. The van der Waals surface area contributed by atoms with Crippen LogP contribution in [0.1, 0.15) is 80.5 Å². The molecular weight excluding hydrogens is 586 g/mol. The van der Waals surface area contributed by atoms with Gasteiger partial charge in [-0.3, -0.25) is 4.79 Å². The molecule has 0 fully saturated rings. The number of unbranched alkanes of at least 4 members (excludes halogenated alkanes) is 4. The zero-order chi connectivity index (χ0) is 32.8. The fourth-order valence-electron chi connectivity index (χ4n) is 6.22. The van der Waals surface area contributed by atoms with Gasteiger partial charge in [-0.25, -0.2) is 0 Å². The molecule has 0 amide bonds. The van der Waals surface area contributed by atoms with Crippen LogP contribution in [0.4, 0.5) is 5.69 Å². The lowest BCUT2D eigenvalue weighted by Crippen LogP contribution is -2.16. The number of ketones is 1. The Labute approximate surface area is 279 Å². The first-order valence-electron chi connectivity index (χ1n) is 17.0. The first-order chi connectivity index (χ1) is 23.0. The lowest BCUT2D eigenvalue weighted by Gasteiger charge is -2.15. The minimum absolute atomic E-state index is 0.160. The van der Waals surface area contributed by atoms with E-state index in [0.29, 0.717) is 43.8 Å². The van der Waals surface area contributed by atoms with E-state index in [1.165, 1.54) is 24.1 Å². The lowest BCUT2D eigenvalue weighted by atomic mass is 9.99. The quantitative estimate of drug-likeness (QED) is 0.127. The van der Waals surface area contributed by atoms with Crippen LogP contribution in [0.2, 0.25) is 0 Å². The maximum Gasteiger partial charge on any atom is 0.161 e. The largest absolute Gasteiger partial charge is 0.508 e. The van der Waals surface area contributed by atoms with Gasteiger partial charge in [0.2, 0.25) is 0 Å². The molecule has 2 aliphatic rings. The minimum Gasteiger partial charge on any atom is -0.508 e. The number of methoxy groups -OCH3 is 1. The Kier molecular flexibility index (Phi) is 12.4. The molecule has 0 saturated carbocycles. The van der Waals surface area contributed by atoms with Crippen LogP contribution in [0.15, 0.2) is 72.8 Å². The van der Waals surface area contributed by atoms with E-state index >= 15 is 0 Å². The van der Waals surface area contributed by atoms with Gasteiger partial charge in [-0.2, -0.15) is 0 Å². The topological polar surface area (TPSA) is 77.0 Å². The average Bonchev–Trinajstić information content (AvgIpc) is 3.08. The minimum atomic E-state index is -0.260. The van der Waals surface area contributed by atoms with Gasteiger partial charge in [0.25, 0.3) is 0 Å². The van der Waals surface area contributed by atoms with Crippen LogP contribution in [0.3, 0.4) is 0 Å². The van der Waals surface area contributed by atoms with Crippen molar-refractivity contribution in [2.75, 3.05) is 19.0 Å². The van der Waals surface area contributed by atoms with E-state index in [2.05, 4.69) is 54.6 Å². The van der Waals surface area contributed by atoms with Crippen molar-refractivity contribution in [3.8, 4) is 29.3 Å². The number of phenolic OH excluding ortho intramolecular Hbond substituents is 1. The number of fused-ring (bicyclic) bond motifs is 9. The summed E-state index contributed by atoms with van der Waals surface area (Å²) < 4.78 is 17.8. The van der Waals surface area contributed by atoms with Crippen LogP contribution in [0, 0.1) is 12.0 Å². The molecule has 0 saturated heterocycles. The Morgan fingerprint density at radius 1 is 0.936 bits per heavy atom. The maximum absolute atomic E-state index is 13.1. The van der Waals surface area contributed by atoms with Crippen LogP contribution in [-0.4, -0.2) is 30.6 Å². The van der Waals surface area contributed by atoms with Gasteiger partial charge < -0.3 is 24.6 Å². The Balaban J connectivity index is 1.23. The van der Waals surface area contributed by atoms with Crippen LogP contribution in [-0.2, 0) is 35.4 Å². The number of rotatable bonds is 11. The van der Waals surface area contributed by atoms with Gasteiger partial charge in [0.1, 0.15) is 30.4 Å². The highest BCUT2D eigenvalue weighted by molar-refractivity contribution is 5.88. The lowest BCUT2D eigenvalue weighted by molar-refractivity contribution is -0.121. The highest BCUT2D eigenvalue weighted by Gasteiger charge is 2.16. The van der Waals surface area contributed by atoms with E-state index in [9.17, 15) is 9.90 Å². The molecule has 2 aliphatic heterocycles. The SMILES string of the molecule is CCNc1cccc(CCCCCCC[C@H]2CC(=O)CCc3ccc(OC)c(c3)OCc3ccc4c(c(O)ccc4c3)CC#CO2)c1. The third-order valence-corrected chi connectivity index (χ3v) is 8.80. The van der Waals surface area contributed by atoms with Crippen LogP contribution in [0.25, 0.3) is 10.8 Å². The van der Waals surface area contributed by atoms with E-state index in [1.54, 1.807) is 13.2 Å². The second-order valence-corrected chi connectivity index (χ2v) is 12.4. The molecule has 0 radical (unpaired) electrons. The second-order valence-electron chi connectivity index (χ2n) is 12.4. The number of carbonyl (C=O) groups is 1. The van der Waals surface area contributed by atoms with E-state index in [0.717, 1.165) is 66.1 Å². The van der Waals surface area contributed by atoms with Gasteiger partial charge in [-0.1, -0.05) is 61.6 Å². The summed E-state index contributed by atoms with van der Waals surface area (Å²) in [4.78, 5) is 13.1. The molecule has 0 unspecified atom stereocenters. The highest BCUT2D eigenvalue weighted by Crippen LogP contribution is 2.32. The Morgan fingerprint density at radius 2 is 1.79 bits per heavy atom. The zero-order valence-electron chi connectivity index (χ0n) is 27.8. The van der Waals surface area contributed by atoms with Gasteiger partial charge in [0, 0.05) is 37.1 Å². The number of nitrogens with one attached hydrogen (secondary N) is 1. The summed E-state index contributed by atoms with van der Waals surface area (Å²) in [7, 11) is 1.63. The summed E-state index contributed by atoms with van der Waals surface area (Å²) in [6.07, 6.45) is 11.8. The fraction of sp³-hybridized carbons (Fsp3) is 0.390. The average molecular weight is 634 g/mol. The number of benzene rings is 4. The summed E-state index contributed by atoms with van der Waals surface area (Å²) in [5, 5.41) is 16.0. The Hall–Kier alpha value is -4.63. The first kappa shape index (κ1) is 33.7. The number of hydrogen-bond acceptors (Lipinski definition) is 6. The smallest absolute Gasteiger partial charge is 0.161 e. The predicted octanol–water partition coefficient (Wildman–Crippen LogP) is 8.94. The monoisotopic (exact) mass is 633 g/mol. The normalized spacial score (nSPS) is 15.1. The molecule has 1 atom stereocenters. The van der Waals surface area contributed by atoms with Crippen molar-refractivity contribution in [1.29, 1.82) is 0 Å². The first-order valence-corrected chi connectivity index (χ1v) is 17.0. The maximum atomic E-state index is 13.1. The summed E-state index contributed by atoms with van der Waals surface area (Å²) in [5.74, 6) is 4.78. The van der Waals surface area contributed by atoms with Crippen molar-refractivity contribution in [1.82, 2.24) is 0 Å². The van der Waals surface area contributed by atoms with Crippen LogP contribution < -0.4 is 14.8 Å². The van der Waals surface area contributed by atoms with Crippen molar-refractivity contribution in [2.24, 2.45) is 0 Å². The number of carbonyl (C=O) groups excluding carboxylic acids is 1. The zero-order valence-corrected chi connectivity index (χ0v) is 27.8. The van der Waals surface area contributed by atoms with Gasteiger partial charge in [0.05, 0.1) is 7.11 Å². The Bertz CT molecular complexity index is 1700. The number of aryl methyl sites for hydroxylation is 2. The van der Waals surface area contributed by atoms with Crippen molar-refractivity contribution in [3.05, 3.63) is 95.1 Å². The molecular formula is C41H47NO5. The van der Waals surface area contributed by atoms with E-state index in [-0.39, 0.29) is 17.6 Å². The molecule has 2 N–H and O–H groups in total. The number of anilines is 1. The summed E-state index contributed by atoms with van der Waals surface area (Å²) in [5.41, 5.74) is 5.35. The summed E-state index contributed by atoms with van der Waals surface area (Å²) in [6.45, 7) is 3.41. The molecule has 6 heteroatoms. The van der Waals surface area contributed by atoms with Gasteiger partial charge in [-0.15, -0.1) is 0 Å². The predicted molar refractivity (Wildman–Crippen MR) is 189 cm³/mol. The molecule has 47 heavy (non-hydrogen) atoms. The number of aromatic hydroxyl groups is 1. The molecule has 6 rings (SSSR count). The van der Waals surface area contributed by atoms with Crippen molar-refractivity contribution >= 4 is 22.2 Å². The standard InChI is InChI=1S/C41H47NO5/c1-3-42-34-13-9-12-30(26-34)11-7-5-4-6-8-14-36-28-35(43)20-16-31-18-23-40(45-2)41(27-31)47-29-32-17-21-37-33(25-32)19-22-39(44)38(37)15-10-24-46-36/h9,12-13,17-19,21-23,25-27,36,42,44H,3-8,11,14-16,20,28-29H2,1-2H3/t36-/m0/s1. The molecule has 246 valence electrons. The van der Waals surface area contributed by atoms with Crippen molar-refractivity contribution < 1.29 is 24.1 Å². The number of phenols is 1. The van der Waals surface area contributed by atoms with E-state index < -0.39 is 0 Å².